The van der Waals surface area contributed by atoms with Crippen molar-refractivity contribution in [3.8, 4) is 0 Å². The fraction of sp³-hybridized carbons (Fsp3) is 0.733. The standard InChI is InChI=1S/C15H22N2OS/c1-11-10-19-14(16-11)13-7-4-8-17(9-13)15(18)12-5-2-3-6-12/h10,12-13H,2-9H2,1H3/t13-/m1/s1. The lowest BCUT2D eigenvalue weighted by Crippen LogP contribution is -2.41. The number of piperidine rings is 1. The maximum Gasteiger partial charge on any atom is 0.225 e. The van der Waals surface area contributed by atoms with Crippen LogP contribution in [0.3, 0.4) is 0 Å². The maximum atomic E-state index is 12.5. The Hall–Kier alpha value is -0.900. The number of amides is 1. The number of carbonyl (C=O) groups is 1. The van der Waals surface area contributed by atoms with Gasteiger partial charge in [-0.3, -0.25) is 4.79 Å². The Bertz CT molecular complexity index is 451. The summed E-state index contributed by atoms with van der Waals surface area (Å²) in [7, 11) is 0. The van der Waals surface area contributed by atoms with Gasteiger partial charge in [0, 0.05) is 36.0 Å². The van der Waals surface area contributed by atoms with E-state index in [1.54, 1.807) is 11.3 Å². The molecule has 1 aromatic rings. The Balaban J connectivity index is 1.65. The second-order valence-corrected chi connectivity index (χ2v) is 6.82. The lowest BCUT2D eigenvalue weighted by atomic mass is 9.96. The molecule has 1 saturated heterocycles. The van der Waals surface area contributed by atoms with E-state index in [1.807, 2.05) is 6.92 Å². The van der Waals surface area contributed by atoms with Gasteiger partial charge in [0.25, 0.3) is 0 Å². The SMILES string of the molecule is Cc1csc([C@@H]2CCCN(C(=O)C3CCCC3)C2)n1. The molecule has 0 radical (unpaired) electrons. The van der Waals surface area contributed by atoms with Gasteiger partial charge >= 0.3 is 0 Å². The Morgan fingerprint density at radius 3 is 2.79 bits per heavy atom. The Kier molecular flexibility index (Phi) is 3.87. The lowest BCUT2D eigenvalue weighted by molar-refractivity contribution is -0.136. The average Bonchev–Trinajstić information content (AvgIpc) is 3.09. The summed E-state index contributed by atoms with van der Waals surface area (Å²) in [6, 6.07) is 0. The van der Waals surface area contributed by atoms with Crippen LogP contribution in [0.15, 0.2) is 5.38 Å². The molecule has 2 heterocycles. The third-order valence-corrected chi connectivity index (χ3v) is 5.55. The van der Waals surface area contributed by atoms with Crippen molar-refractivity contribution in [1.29, 1.82) is 0 Å². The monoisotopic (exact) mass is 278 g/mol. The van der Waals surface area contributed by atoms with E-state index in [0.29, 0.717) is 17.7 Å². The van der Waals surface area contributed by atoms with E-state index < -0.39 is 0 Å². The van der Waals surface area contributed by atoms with Crippen molar-refractivity contribution in [1.82, 2.24) is 9.88 Å². The van der Waals surface area contributed by atoms with Crippen LogP contribution in [0.1, 0.15) is 55.1 Å². The van der Waals surface area contributed by atoms with Crippen molar-refractivity contribution < 1.29 is 4.79 Å². The van der Waals surface area contributed by atoms with Crippen LogP contribution in [0.4, 0.5) is 0 Å². The van der Waals surface area contributed by atoms with Crippen molar-refractivity contribution in [3.63, 3.8) is 0 Å². The molecular weight excluding hydrogens is 256 g/mol. The van der Waals surface area contributed by atoms with Crippen LogP contribution in [0.25, 0.3) is 0 Å². The molecule has 1 amide bonds. The number of aromatic nitrogens is 1. The number of hydrogen-bond donors (Lipinski definition) is 0. The molecule has 3 rings (SSSR count). The summed E-state index contributed by atoms with van der Waals surface area (Å²) in [5.74, 6) is 1.20. The summed E-state index contributed by atoms with van der Waals surface area (Å²) in [5, 5.41) is 3.34. The van der Waals surface area contributed by atoms with Gasteiger partial charge in [-0.1, -0.05) is 12.8 Å². The molecule has 0 spiro atoms. The lowest BCUT2D eigenvalue weighted by Gasteiger charge is -2.33. The van der Waals surface area contributed by atoms with Crippen LogP contribution in [0, 0.1) is 12.8 Å². The van der Waals surface area contributed by atoms with Crippen LogP contribution < -0.4 is 0 Å². The highest BCUT2D eigenvalue weighted by Crippen LogP contribution is 2.32. The van der Waals surface area contributed by atoms with E-state index in [1.165, 1.54) is 24.3 Å². The molecule has 0 bridgehead atoms. The molecule has 104 valence electrons. The van der Waals surface area contributed by atoms with Crippen LogP contribution in [-0.4, -0.2) is 28.9 Å². The minimum absolute atomic E-state index is 0.316. The molecule has 1 atom stereocenters. The van der Waals surface area contributed by atoms with E-state index in [4.69, 9.17) is 0 Å². The van der Waals surface area contributed by atoms with Crippen LogP contribution in [-0.2, 0) is 4.79 Å². The first-order valence-corrected chi connectivity index (χ1v) is 8.33. The summed E-state index contributed by atoms with van der Waals surface area (Å²) in [5.41, 5.74) is 1.11. The molecule has 0 aromatic carbocycles. The minimum Gasteiger partial charge on any atom is -0.342 e. The molecule has 4 heteroatoms. The normalized spacial score (nSPS) is 24.9. The van der Waals surface area contributed by atoms with Gasteiger partial charge in [-0.2, -0.15) is 0 Å². The Morgan fingerprint density at radius 1 is 1.32 bits per heavy atom. The first-order chi connectivity index (χ1) is 9.24. The van der Waals surface area contributed by atoms with E-state index in [-0.39, 0.29) is 0 Å². The first kappa shape index (κ1) is 13.1. The molecule has 1 aliphatic heterocycles. The molecule has 19 heavy (non-hydrogen) atoms. The van der Waals surface area contributed by atoms with Crippen molar-refractivity contribution >= 4 is 17.2 Å². The zero-order valence-corrected chi connectivity index (χ0v) is 12.4. The number of carbonyl (C=O) groups excluding carboxylic acids is 1. The smallest absolute Gasteiger partial charge is 0.225 e. The highest BCUT2D eigenvalue weighted by atomic mass is 32.1. The summed E-state index contributed by atoms with van der Waals surface area (Å²) in [4.78, 5) is 19.2. The van der Waals surface area contributed by atoms with Crippen molar-refractivity contribution in [3.05, 3.63) is 16.1 Å². The van der Waals surface area contributed by atoms with Crippen LogP contribution in [0.5, 0.6) is 0 Å². The molecule has 0 N–H and O–H groups in total. The fourth-order valence-electron chi connectivity index (χ4n) is 3.37. The third kappa shape index (κ3) is 2.83. The van der Waals surface area contributed by atoms with Crippen molar-refractivity contribution in [2.24, 2.45) is 5.92 Å². The highest BCUT2D eigenvalue weighted by Gasteiger charge is 2.31. The molecule has 3 nitrogen and oxygen atoms in total. The molecule has 1 aliphatic carbocycles. The average molecular weight is 278 g/mol. The minimum atomic E-state index is 0.316. The number of aryl methyl sites for hydroxylation is 1. The Labute approximate surface area is 119 Å². The van der Waals surface area contributed by atoms with Crippen molar-refractivity contribution in [2.45, 2.75) is 51.4 Å². The predicted molar refractivity (Wildman–Crippen MR) is 77.4 cm³/mol. The summed E-state index contributed by atoms with van der Waals surface area (Å²) >= 11 is 1.75. The maximum absolute atomic E-state index is 12.5. The quantitative estimate of drug-likeness (QED) is 0.831. The number of thiazole rings is 1. The van der Waals surface area contributed by atoms with Gasteiger partial charge in [0.15, 0.2) is 0 Å². The summed E-state index contributed by atoms with van der Waals surface area (Å²) in [6.07, 6.45) is 6.99. The van der Waals surface area contributed by atoms with Gasteiger partial charge < -0.3 is 4.90 Å². The van der Waals surface area contributed by atoms with Crippen LogP contribution in [0.2, 0.25) is 0 Å². The second kappa shape index (κ2) is 5.61. The zero-order chi connectivity index (χ0) is 13.2. The fourth-order valence-corrected chi connectivity index (χ4v) is 4.30. The highest BCUT2D eigenvalue weighted by molar-refractivity contribution is 7.09. The largest absolute Gasteiger partial charge is 0.342 e. The molecule has 1 saturated carbocycles. The Morgan fingerprint density at radius 2 is 2.11 bits per heavy atom. The topological polar surface area (TPSA) is 33.2 Å². The van der Waals surface area contributed by atoms with E-state index >= 15 is 0 Å². The number of likely N-dealkylation sites (tertiary alicyclic amines) is 1. The molecule has 2 aliphatic rings. The molecular formula is C15H22N2OS. The second-order valence-electron chi connectivity index (χ2n) is 5.93. The van der Waals surface area contributed by atoms with E-state index in [0.717, 1.165) is 38.0 Å². The van der Waals surface area contributed by atoms with Gasteiger partial charge in [-0.25, -0.2) is 4.98 Å². The van der Waals surface area contributed by atoms with Gasteiger partial charge in [-0.15, -0.1) is 11.3 Å². The van der Waals surface area contributed by atoms with Gasteiger partial charge in [-0.05, 0) is 32.6 Å². The predicted octanol–water partition coefficient (Wildman–Crippen LogP) is 3.35. The zero-order valence-electron chi connectivity index (χ0n) is 11.6. The van der Waals surface area contributed by atoms with Crippen molar-refractivity contribution in [2.75, 3.05) is 13.1 Å². The van der Waals surface area contributed by atoms with Crippen LogP contribution >= 0.6 is 11.3 Å². The number of nitrogens with zero attached hydrogens (tertiary/aromatic N) is 2. The van der Waals surface area contributed by atoms with Gasteiger partial charge in [0.1, 0.15) is 0 Å². The third-order valence-electron chi connectivity index (χ3n) is 4.42. The number of rotatable bonds is 2. The van der Waals surface area contributed by atoms with Gasteiger partial charge in [0.05, 0.1) is 5.01 Å². The molecule has 1 aromatic heterocycles. The first-order valence-electron chi connectivity index (χ1n) is 7.45. The summed E-state index contributed by atoms with van der Waals surface area (Å²) in [6.45, 7) is 3.89. The van der Waals surface area contributed by atoms with Gasteiger partial charge in [0.2, 0.25) is 5.91 Å². The summed E-state index contributed by atoms with van der Waals surface area (Å²) < 4.78 is 0. The molecule has 0 unspecified atom stereocenters. The molecule has 2 fully saturated rings. The van der Waals surface area contributed by atoms with E-state index in [9.17, 15) is 4.79 Å². The van der Waals surface area contributed by atoms with E-state index in [2.05, 4.69) is 15.3 Å². The number of hydrogen-bond acceptors (Lipinski definition) is 3.